The van der Waals surface area contributed by atoms with Crippen molar-refractivity contribution in [2.45, 2.75) is 77.4 Å². The Kier molecular flexibility index (Phi) is 3.42. The highest BCUT2D eigenvalue weighted by molar-refractivity contribution is 5.85. The SMILES string of the molecule is CC1(C)C(=O)CCC2(C)C3CC4CCC3(CC(O)C12)CC4(O)CO. The monoisotopic (exact) mass is 336 g/mol. The molecule has 0 saturated heterocycles. The van der Waals surface area contributed by atoms with E-state index < -0.39 is 17.1 Å². The molecule has 0 radical (unpaired) electrons. The summed E-state index contributed by atoms with van der Waals surface area (Å²) in [6, 6.07) is 0. The van der Waals surface area contributed by atoms with E-state index >= 15 is 0 Å². The molecule has 7 unspecified atom stereocenters. The first kappa shape index (κ1) is 17.0. The molecule has 2 bridgehead atoms. The second kappa shape index (κ2) is 4.83. The lowest BCUT2D eigenvalue weighted by molar-refractivity contribution is -0.262. The summed E-state index contributed by atoms with van der Waals surface area (Å²) in [6.45, 7) is 6.15. The van der Waals surface area contributed by atoms with Crippen LogP contribution < -0.4 is 0 Å². The van der Waals surface area contributed by atoms with Gasteiger partial charge in [0.25, 0.3) is 0 Å². The van der Waals surface area contributed by atoms with Gasteiger partial charge in [-0.2, -0.15) is 0 Å². The molecule has 5 rings (SSSR count). The van der Waals surface area contributed by atoms with Crippen molar-refractivity contribution in [3.05, 3.63) is 0 Å². The molecule has 5 aliphatic rings. The summed E-state index contributed by atoms with van der Waals surface area (Å²) in [6.07, 6.45) is 5.16. The number of hydrogen-bond donors (Lipinski definition) is 3. The largest absolute Gasteiger partial charge is 0.393 e. The van der Waals surface area contributed by atoms with E-state index in [1.54, 1.807) is 0 Å². The van der Waals surface area contributed by atoms with Crippen molar-refractivity contribution >= 4 is 5.78 Å². The number of aliphatic hydroxyl groups is 3. The molecule has 0 aromatic carbocycles. The number of carbonyl (C=O) groups is 1. The predicted octanol–water partition coefficient (Wildman–Crippen LogP) is 2.29. The first-order chi connectivity index (χ1) is 11.1. The molecule has 0 aromatic rings. The van der Waals surface area contributed by atoms with Gasteiger partial charge in [-0.25, -0.2) is 0 Å². The molecular weight excluding hydrogens is 304 g/mol. The molecule has 1 spiro atoms. The van der Waals surface area contributed by atoms with Crippen LogP contribution in [0.2, 0.25) is 0 Å². The Labute approximate surface area is 144 Å². The van der Waals surface area contributed by atoms with Gasteiger partial charge in [-0.05, 0) is 61.2 Å². The topological polar surface area (TPSA) is 77.8 Å². The van der Waals surface area contributed by atoms with Crippen LogP contribution in [-0.2, 0) is 4.79 Å². The highest BCUT2D eigenvalue weighted by atomic mass is 16.3. The van der Waals surface area contributed by atoms with E-state index in [4.69, 9.17) is 0 Å². The van der Waals surface area contributed by atoms with Gasteiger partial charge in [-0.15, -0.1) is 0 Å². The van der Waals surface area contributed by atoms with Crippen molar-refractivity contribution in [3.8, 4) is 0 Å². The predicted molar refractivity (Wildman–Crippen MR) is 90.2 cm³/mol. The maximum absolute atomic E-state index is 12.5. The van der Waals surface area contributed by atoms with Gasteiger partial charge in [0, 0.05) is 17.8 Å². The van der Waals surface area contributed by atoms with Crippen molar-refractivity contribution in [1.82, 2.24) is 0 Å². The van der Waals surface area contributed by atoms with E-state index in [2.05, 4.69) is 6.92 Å². The Hall–Kier alpha value is -0.450. The number of Topliss-reactive ketones (excluding diaryl/α,β-unsaturated/α-hetero) is 1. The van der Waals surface area contributed by atoms with Crippen LogP contribution in [0.5, 0.6) is 0 Å². The molecule has 136 valence electrons. The van der Waals surface area contributed by atoms with Crippen LogP contribution in [0.15, 0.2) is 0 Å². The Morgan fingerprint density at radius 1 is 1.21 bits per heavy atom. The van der Waals surface area contributed by atoms with E-state index in [1.807, 2.05) is 13.8 Å². The summed E-state index contributed by atoms with van der Waals surface area (Å²) in [7, 11) is 0. The molecule has 4 nitrogen and oxygen atoms in total. The van der Waals surface area contributed by atoms with Gasteiger partial charge in [0.05, 0.1) is 18.3 Å². The molecule has 0 aliphatic heterocycles. The third kappa shape index (κ3) is 1.88. The Balaban J connectivity index is 1.78. The highest BCUT2D eigenvalue weighted by Gasteiger charge is 2.69. The zero-order chi connectivity index (χ0) is 17.5. The Morgan fingerprint density at radius 3 is 2.58 bits per heavy atom. The van der Waals surface area contributed by atoms with Gasteiger partial charge in [0.15, 0.2) is 0 Å². The van der Waals surface area contributed by atoms with Crippen LogP contribution in [-0.4, -0.2) is 39.4 Å². The quantitative estimate of drug-likeness (QED) is 0.686. The van der Waals surface area contributed by atoms with Crippen LogP contribution in [0.1, 0.15) is 65.7 Å². The molecule has 4 heteroatoms. The Bertz CT molecular complexity index is 572. The fourth-order valence-electron chi connectivity index (χ4n) is 7.92. The second-order valence-corrected chi connectivity index (χ2v) is 10.2. The summed E-state index contributed by atoms with van der Waals surface area (Å²) in [5.74, 6) is 0.885. The minimum absolute atomic E-state index is 0.00319. The van der Waals surface area contributed by atoms with Crippen LogP contribution in [0.3, 0.4) is 0 Å². The van der Waals surface area contributed by atoms with Crippen LogP contribution in [0, 0.1) is 34.0 Å². The first-order valence-corrected chi connectivity index (χ1v) is 9.64. The van der Waals surface area contributed by atoms with Crippen molar-refractivity contribution in [1.29, 1.82) is 0 Å². The van der Waals surface area contributed by atoms with Gasteiger partial charge in [0.1, 0.15) is 5.78 Å². The van der Waals surface area contributed by atoms with Gasteiger partial charge in [0.2, 0.25) is 0 Å². The number of ketones is 1. The first-order valence-electron chi connectivity index (χ1n) is 9.64. The van der Waals surface area contributed by atoms with Crippen LogP contribution in [0.25, 0.3) is 0 Å². The van der Waals surface area contributed by atoms with E-state index in [0.29, 0.717) is 25.2 Å². The maximum atomic E-state index is 12.5. The number of fused-ring (bicyclic) bond motifs is 3. The minimum atomic E-state index is -0.975. The number of aliphatic hydroxyl groups excluding tert-OH is 2. The van der Waals surface area contributed by atoms with E-state index in [0.717, 1.165) is 25.7 Å². The van der Waals surface area contributed by atoms with E-state index in [1.165, 1.54) is 0 Å². The summed E-state index contributed by atoms with van der Waals surface area (Å²) in [4.78, 5) is 12.5. The number of hydrogen-bond acceptors (Lipinski definition) is 4. The average molecular weight is 336 g/mol. The molecule has 5 aliphatic carbocycles. The summed E-state index contributed by atoms with van der Waals surface area (Å²) < 4.78 is 0. The fourth-order valence-corrected chi connectivity index (χ4v) is 7.92. The lowest BCUT2D eigenvalue weighted by Crippen LogP contribution is -2.69. The molecule has 5 saturated carbocycles. The number of carbonyl (C=O) groups excluding carboxylic acids is 1. The van der Waals surface area contributed by atoms with Crippen LogP contribution >= 0.6 is 0 Å². The second-order valence-electron chi connectivity index (χ2n) is 10.2. The lowest BCUT2D eigenvalue weighted by Gasteiger charge is -2.70. The van der Waals surface area contributed by atoms with Crippen molar-refractivity contribution in [3.63, 3.8) is 0 Å². The normalized spacial score (nSPS) is 55.8. The van der Waals surface area contributed by atoms with E-state index in [-0.39, 0.29) is 35.1 Å². The van der Waals surface area contributed by atoms with Gasteiger partial charge < -0.3 is 15.3 Å². The Morgan fingerprint density at radius 2 is 1.92 bits per heavy atom. The van der Waals surface area contributed by atoms with Gasteiger partial charge >= 0.3 is 0 Å². The van der Waals surface area contributed by atoms with Crippen molar-refractivity contribution < 1.29 is 20.1 Å². The lowest BCUT2D eigenvalue weighted by atomic mass is 9.35. The highest BCUT2D eigenvalue weighted by Crippen LogP contribution is 2.72. The third-order valence-corrected chi connectivity index (χ3v) is 8.84. The zero-order valence-corrected chi connectivity index (χ0v) is 15.2. The molecule has 0 heterocycles. The average Bonchev–Trinajstić information content (AvgIpc) is 2.50. The summed E-state index contributed by atoms with van der Waals surface area (Å²) >= 11 is 0. The third-order valence-electron chi connectivity index (χ3n) is 8.84. The molecule has 5 fully saturated rings. The molecular formula is C20H32O4. The zero-order valence-electron chi connectivity index (χ0n) is 15.2. The van der Waals surface area contributed by atoms with Gasteiger partial charge in [-0.3, -0.25) is 4.79 Å². The molecule has 7 atom stereocenters. The molecule has 3 N–H and O–H groups in total. The standard InChI is InChI=1S/C20H32O4/c1-17(2)15(23)5-6-18(3)14-8-12-4-7-19(14,9-13(22)16(17)18)10-20(12,24)11-21/h12-14,16,21-22,24H,4-11H2,1-3H3. The fraction of sp³-hybridized carbons (Fsp3) is 0.950. The molecule has 0 amide bonds. The van der Waals surface area contributed by atoms with Gasteiger partial charge in [-0.1, -0.05) is 20.8 Å². The minimum Gasteiger partial charge on any atom is -0.393 e. The smallest absolute Gasteiger partial charge is 0.138 e. The summed E-state index contributed by atoms with van der Waals surface area (Å²) in [5, 5.41) is 31.8. The number of rotatable bonds is 1. The maximum Gasteiger partial charge on any atom is 0.138 e. The van der Waals surface area contributed by atoms with Crippen LogP contribution in [0.4, 0.5) is 0 Å². The van der Waals surface area contributed by atoms with E-state index in [9.17, 15) is 20.1 Å². The molecule has 24 heavy (non-hydrogen) atoms. The molecule has 0 aromatic heterocycles. The summed E-state index contributed by atoms with van der Waals surface area (Å²) in [5.41, 5.74) is -1.58. The van der Waals surface area contributed by atoms with Crippen molar-refractivity contribution in [2.75, 3.05) is 6.61 Å². The van der Waals surface area contributed by atoms with Crippen molar-refractivity contribution in [2.24, 2.45) is 34.0 Å².